The number of hydrogen-bond donors (Lipinski definition) is 0. The Balaban J connectivity index is 1.29. The van der Waals surface area contributed by atoms with E-state index in [1.165, 1.54) is 21.5 Å². The van der Waals surface area contributed by atoms with Crippen LogP contribution in [0.25, 0.3) is 86.9 Å². The van der Waals surface area contributed by atoms with Gasteiger partial charge in [-0.05, 0) is 102 Å². The molecule has 9 aromatic rings. The molecule has 4 nitrogen and oxygen atoms in total. The first-order valence-electron chi connectivity index (χ1n) is 15.1. The first-order valence-corrected chi connectivity index (χ1v) is 15.1. The van der Waals surface area contributed by atoms with Gasteiger partial charge >= 0.3 is 0 Å². The van der Waals surface area contributed by atoms with Gasteiger partial charge < -0.3 is 0 Å². The zero-order valence-corrected chi connectivity index (χ0v) is 24.5. The Morgan fingerprint density at radius 3 is 1.15 bits per heavy atom. The van der Waals surface area contributed by atoms with E-state index in [1.807, 2.05) is 24.5 Å². The third kappa shape index (κ3) is 3.85. The lowest BCUT2D eigenvalue weighted by Gasteiger charge is -2.05. The van der Waals surface area contributed by atoms with E-state index >= 15 is 0 Å². The minimum atomic E-state index is 0.641. The summed E-state index contributed by atoms with van der Waals surface area (Å²) >= 11 is 0. The molecule has 0 saturated heterocycles. The molecule has 0 N–H and O–H groups in total. The minimum absolute atomic E-state index is 0.641. The van der Waals surface area contributed by atoms with Crippen molar-refractivity contribution in [3.05, 3.63) is 144 Å². The van der Waals surface area contributed by atoms with E-state index < -0.39 is 0 Å². The number of fused-ring (bicyclic) bond motifs is 8. The standard InChI is InChI=1S/C42H22N4/c43-23-45-41-37-19-31(29-11-9-25-5-1-3-7-27(25)17-29)13-15-33(37)35-21-36-34-16-14-32(30-12-10-26-6-2-4-8-28(26)18-30)20-38(34)42(46-24-44)40(36)22-39(35)41/h1-22H/b45-41-,46-42+. The Kier molecular flexibility index (Phi) is 5.59. The molecule has 0 aliphatic rings. The maximum atomic E-state index is 9.75. The van der Waals surface area contributed by atoms with E-state index in [4.69, 9.17) is 0 Å². The van der Waals surface area contributed by atoms with Gasteiger partial charge in [0.2, 0.25) is 12.4 Å². The van der Waals surface area contributed by atoms with Crippen LogP contribution in [0.4, 0.5) is 0 Å². The molecule has 9 rings (SSSR count). The van der Waals surface area contributed by atoms with Crippen molar-refractivity contribution in [2.75, 3.05) is 0 Å². The number of nitriles is 2. The fourth-order valence-electron chi connectivity index (χ4n) is 7.12. The van der Waals surface area contributed by atoms with Gasteiger partial charge in [-0.2, -0.15) is 20.5 Å². The van der Waals surface area contributed by atoms with Gasteiger partial charge in [0.15, 0.2) is 0 Å². The van der Waals surface area contributed by atoms with Crippen molar-refractivity contribution in [3.8, 4) is 34.6 Å². The van der Waals surface area contributed by atoms with Gasteiger partial charge in [-0.25, -0.2) is 0 Å². The second kappa shape index (κ2) is 9.96. The van der Waals surface area contributed by atoms with Crippen LogP contribution < -0.4 is 10.7 Å². The highest BCUT2D eigenvalue weighted by atomic mass is 14.7. The summed E-state index contributed by atoms with van der Waals surface area (Å²) in [7, 11) is 0. The Labute approximate surface area is 263 Å². The number of hydrogen-bond acceptors (Lipinski definition) is 4. The van der Waals surface area contributed by atoms with Gasteiger partial charge in [0.1, 0.15) is 0 Å². The Bertz CT molecular complexity index is 2740. The quantitative estimate of drug-likeness (QED) is 0.190. The van der Waals surface area contributed by atoms with Crippen molar-refractivity contribution in [3.63, 3.8) is 0 Å². The molecule has 0 unspecified atom stereocenters. The average molecular weight is 583 g/mol. The highest BCUT2D eigenvalue weighted by Crippen LogP contribution is 2.36. The molecule has 46 heavy (non-hydrogen) atoms. The third-order valence-corrected chi connectivity index (χ3v) is 9.29. The third-order valence-electron chi connectivity index (χ3n) is 9.29. The number of benzene rings is 7. The molecule has 9 aromatic carbocycles. The molecule has 0 spiro atoms. The van der Waals surface area contributed by atoms with Crippen molar-refractivity contribution in [1.29, 1.82) is 10.5 Å². The zero-order chi connectivity index (χ0) is 30.8. The summed E-state index contributed by atoms with van der Waals surface area (Å²) in [4.78, 5) is 8.67. The lowest BCUT2D eigenvalue weighted by Crippen LogP contribution is -2.00. The van der Waals surface area contributed by atoms with E-state index in [-0.39, 0.29) is 0 Å². The minimum Gasteiger partial charge on any atom is -0.172 e. The highest BCUT2D eigenvalue weighted by molar-refractivity contribution is 6.22. The molecule has 0 radical (unpaired) electrons. The van der Waals surface area contributed by atoms with Crippen LogP contribution in [0, 0.1) is 22.9 Å². The monoisotopic (exact) mass is 582 g/mol. The maximum Gasteiger partial charge on any atom is 0.206 e. The van der Waals surface area contributed by atoms with Crippen LogP contribution in [-0.4, -0.2) is 0 Å². The largest absolute Gasteiger partial charge is 0.206 e. The van der Waals surface area contributed by atoms with E-state index in [2.05, 4.69) is 131 Å². The average Bonchev–Trinajstić information content (AvgIpc) is 3.57. The molecule has 210 valence electrons. The maximum absolute atomic E-state index is 9.75. The summed E-state index contributed by atoms with van der Waals surface area (Å²) in [6.07, 6.45) is 4.08. The van der Waals surface area contributed by atoms with Crippen LogP contribution in [0.5, 0.6) is 0 Å². The Hall–Kier alpha value is -6.62. The van der Waals surface area contributed by atoms with Gasteiger partial charge in [-0.3, -0.25) is 0 Å². The summed E-state index contributed by atoms with van der Waals surface area (Å²) in [6, 6.07) is 46.6. The molecule has 0 fully saturated rings. The Morgan fingerprint density at radius 1 is 0.326 bits per heavy atom. The van der Waals surface area contributed by atoms with Crippen LogP contribution in [0.2, 0.25) is 0 Å². The van der Waals surface area contributed by atoms with Gasteiger partial charge in [0, 0.05) is 21.5 Å². The normalized spacial score (nSPS) is 12.6. The molecule has 0 saturated carbocycles. The summed E-state index contributed by atoms with van der Waals surface area (Å²) in [5.74, 6) is 0. The molecular weight excluding hydrogens is 560 g/mol. The molecular formula is C42H22N4. The van der Waals surface area contributed by atoms with Crippen LogP contribution >= 0.6 is 0 Å². The predicted molar refractivity (Wildman–Crippen MR) is 187 cm³/mol. The van der Waals surface area contributed by atoms with E-state index in [1.54, 1.807) is 0 Å². The molecule has 0 aliphatic carbocycles. The molecule has 0 amide bonds. The molecule has 0 bridgehead atoms. The highest BCUT2D eigenvalue weighted by Gasteiger charge is 2.17. The smallest absolute Gasteiger partial charge is 0.172 e. The van der Waals surface area contributed by atoms with Crippen molar-refractivity contribution < 1.29 is 0 Å². The topological polar surface area (TPSA) is 72.3 Å². The van der Waals surface area contributed by atoms with Crippen molar-refractivity contribution >= 4 is 64.6 Å². The summed E-state index contributed by atoms with van der Waals surface area (Å²) in [6.45, 7) is 0. The SMILES string of the molecule is N#C/N=c1/c2cc(-c3ccc4ccccc4c3)ccc2c2cc3c(cc12)/c(=N/C#N)c1cc(-c2ccc4ccccc4c2)ccc13. The van der Waals surface area contributed by atoms with Crippen molar-refractivity contribution in [2.24, 2.45) is 9.98 Å². The fraction of sp³-hybridized carbons (Fsp3) is 0. The molecule has 4 heteroatoms. The molecule has 0 aliphatic heterocycles. The number of rotatable bonds is 2. The predicted octanol–water partition coefficient (Wildman–Crippen LogP) is 9.58. The molecule has 0 aromatic heterocycles. The zero-order valence-electron chi connectivity index (χ0n) is 24.5. The van der Waals surface area contributed by atoms with E-state index in [0.29, 0.717) is 10.7 Å². The second-order valence-corrected chi connectivity index (χ2v) is 11.7. The summed E-state index contributed by atoms with van der Waals surface area (Å²) in [5, 5.41) is 33.3. The first-order chi connectivity index (χ1) is 22.7. The van der Waals surface area contributed by atoms with Crippen LogP contribution in [0.15, 0.2) is 143 Å². The van der Waals surface area contributed by atoms with E-state index in [9.17, 15) is 10.5 Å². The van der Waals surface area contributed by atoms with Gasteiger partial charge in [-0.1, -0.05) is 97.1 Å². The first kappa shape index (κ1) is 25.8. The van der Waals surface area contributed by atoms with Crippen LogP contribution in [0.1, 0.15) is 0 Å². The molecule has 0 atom stereocenters. The van der Waals surface area contributed by atoms with Crippen LogP contribution in [0.3, 0.4) is 0 Å². The summed E-state index contributed by atoms with van der Waals surface area (Å²) < 4.78 is 0. The molecule has 0 heterocycles. The van der Waals surface area contributed by atoms with Gasteiger partial charge in [-0.15, -0.1) is 0 Å². The lowest BCUT2D eigenvalue weighted by molar-refractivity contribution is 1.37. The van der Waals surface area contributed by atoms with E-state index in [0.717, 1.165) is 65.3 Å². The van der Waals surface area contributed by atoms with Crippen LogP contribution in [-0.2, 0) is 0 Å². The van der Waals surface area contributed by atoms with Gasteiger partial charge in [0.05, 0.1) is 10.7 Å². The summed E-state index contributed by atoms with van der Waals surface area (Å²) in [5.41, 5.74) is 4.34. The second-order valence-electron chi connectivity index (χ2n) is 11.7. The van der Waals surface area contributed by atoms with Crippen molar-refractivity contribution in [1.82, 2.24) is 0 Å². The fourth-order valence-corrected chi connectivity index (χ4v) is 7.12. The van der Waals surface area contributed by atoms with Crippen molar-refractivity contribution in [2.45, 2.75) is 0 Å². The van der Waals surface area contributed by atoms with Gasteiger partial charge in [0.25, 0.3) is 0 Å². The lowest BCUT2D eigenvalue weighted by atomic mass is 9.99. The number of nitrogens with zero attached hydrogens (tertiary/aromatic N) is 4. The Morgan fingerprint density at radius 2 is 0.696 bits per heavy atom.